The average molecular weight is 303 g/mol. The Hall–Kier alpha value is -1.51. The maximum Gasteiger partial charge on any atom is 0.0646 e. The zero-order chi connectivity index (χ0) is 15.2. The third kappa shape index (κ3) is 3.99. The molecular formula is C18H23ClN2. The Morgan fingerprint density at radius 3 is 2.52 bits per heavy atom. The number of para-hydroxylation sites is 1. The van der Waals surface area contributed by atoms with Gasteiger partial charge in [0.15, 0.2) is 0 Å². The maximum absolute atomic E-state index is 6.47. The molecule has 0 amide bonds. The molecule has 112 valence electrons. The van der Waals surface area contributed by atoms with Gasteiger partial charge in [0.25, 0.3) is 0 Å². The van der Waals surface area contributed by atoms with Gasteiger partial charge in [0.05, 0.1) is 10.7 Å². The van der Waals surface area contributed by atoms with Crippen molar-refractivity contribution < 1.29 is 0 Å². The first-order valence-corrected chi connectivity index (χ1v) is 7.79. The minimum atomic E-state index is 0.788. The number of anilines is 2. The molecule has 0 fully saturated rings. The summed E-state index contributed by atoms with van der Waals surface area (Å²) in [5, 5.41) is 4.18. The van der Waals surface area contributed by atoms with Crippen molar-refractivity contribution in [2.24, 2.45) is 0 Å². The largest absolute Gasteiger partial charge is 0.343 e. The lowest BCUT2D eigenvalue weighted by molar-refractivity contribution is 0.675. The Labute approximate surface area is 132 Å². The molecule has 3 heteroatoms. The van der Waals surface area contributed by atoms with E-state index in [9.17, 15) is 0 Å². The molecule has 2 aromatic rings. The Balaban J connectivity index is 2.19. The van der Waals surface area contributed by atoms with Crippen molar-refractivity contribution in [3.05, 3.63) is 58.6 Å². The fourth-order valence-corrected chi connectivity index (χ4v) is 2.74. The van der Waals surface area contributed by atoms with Crippen molar-refractivity contribution >= 4 is 23.0 Å². The van der Waals surface area contributed by atoms with Crippen LogP contribution in [-0.2, 0) is 6.54 Å². The first kappa shape index (κ1) is 15.9. The number of rotatable bonds is 6. The van der Waals surface area contributed by atoms with Crippen molar-refractivity contribution in [2.75, 3.05) is 18.5 Å². The standard InChI is InChI=1S/C18H23ClN2/c1-4-11-20-13-15-9-10-18(16(19)12-15)21(3)17-8-6-5-7-14(17)2/h5-10,12,20H,4,11,13H2,1-3H3. The molecule has 0 radical (unpaired) electrons. The fraction of sp³-hybridized carbons (Fsp3) is 0.333. The van der Waals surface area contributed by atoms with E-state index in [2.05, 4.69) is 67.5 Å². The lowest BCUT2D eigenvalue weighted by Gasteiger charge is -2.23. The van der Waals surface area contributed by atoms with Gasteiger partial charge in [-0.3, -0.25) is 0 Å². The second-order valence-corrected chi connectivity index (χ2v) is 5.72. The smallest absolute Gasteiger partial charge is 0.0646 e. The summed E-state index contributed by atoms with van der Waals surface area (Å²) in [6.07, 6.45) is 1.14. The van der Waals surface area contributed by atoms with E-state index in [1.807, 2.05) is 6.07 Å². The normalized spacial score (nSPS) is 10.7. The summed E-state index contributed by atoms with van der Waals surface area (Å²) >= 11 is 6.47. The molecule has 2 nitrogen and oxygen atoms in total. The van der Waals surface area contributed by atoms with Crippen molar-refractivity contribution in [3.8, 4) is 0 Å². The lowest BCUT2D eigenvalue weighted by atomic mass is 10.1. The van der Waals surface area contributed by atoms with E-state index in [4.69, 9.17) is 11.6 Å². The van der Waals surface area contributed by atoms with E-state index in [0.717, 1.165) is 30.2 Å². The number of benzene rings is 2. The molecule has 0 unspecified atom stereocenters. The van der Waals surface area contributed by atoms with Crippen LogP contribution in [0, 0.1) is 6.92 Å². The predicted octanol–water partition coefficient (Wildman–Crippen LogP) is 4.92. The summed E-state index contributed by atoms with van der Waals surface area (Å²) in [6, 6.07) is 14.6. The zero-order valence-electron chi connectivity index (χ0n) is 13.0. The molecule has 2 aromatic carbocycles. The van der Waals surface area contributed by atoms with Crippen molar-refractivity contribution in [3.63, 3.8) is 0 Å². The third-order valence-corrected chi connectivity index (χ3v) is 3.91. The van der Waals surface area contributed by atoms with E-state index < -0.39 is 0 Å². The highest BCUT2D eigenvalue weighted by atomic mass is 35.5. The highest BCUT2D eigenvalue weighted by molar-refractivity contribution is 6.33. The number of hydrogen-bond donors (Lipinski definition) is 1. The van der Waals surface area contributed by atoms with Crippen molar-refractivity contribution in [2.45, 2.75) is 26.8 Å². The lowest BCUT2D eigenvalue weighted by Crippen LogP contribution is -2.14. The molecule has 0 heterocycles. The molecular weight excluding hydrogens is 280 g/mol. The summed E-state index contributed by atoms with van der Waals surface area (Å²) in [5.41, 5.74) is 4.67. The van der Waals surface area contributed by atoms with Crippen LogP contribution in [0.1, 0.15) is 24.5 Å². The summed E-state index contributed by atoms with van der Waals surface area (Å²) in [7, 11) is 2.05. The van der Waals surface area contributed by atoms with E-state index in [1.54, 1.807) is 0 Å². The van der Waals surface area contributed by atoms with Gasteiger partial charge in [-0.25, -0.2) is 0 Å². The van der Waals surface area contributed by atoms with Gasteiger partial charge in [0, 0.05) is 19.3 Å². The van der Waals surface area contributed by atoms with E-state index in [1.165, 1.54) is 16.8 Å². The first-order chi connectivity index (χ1) is 10.1. The minimum absolute atomic E-state index is 0.788. The molecule has 0 saturated heterocycles. The average Bonchev–Trinajstić information content (AvgIpc) is 2.47. The summed E-state index contributed by atoms with van der Waals surface area (Å²) in [5.74, 6) is 0. The highest BCUT2D eigenvalue weighted by Gasteiger charge is 2.10. The topological polar surface area (TPSA) is 15.3 Å². The van der Waals surface area contributed by atoms with Crippen molar-refractivity contribution in [1.29, 1.82) is 0 Å². The number of halogens is 1. The molecule has 0 aromatic heterocycles. The third-order valence-electron chi connectivity index (χ3n) is 3.61. The van der Waals surface area contributed by atoms with E-state index >= 15 is 0 Å². The Morgan fingerprint density at radius 2 is 1.86 bits per heavy atom. The van der Waals surface area contributed by atoms with Gasteiger partial charge in [-0.05, 0) is 49.2 Å². The van der Waals surface area contributed by atoms with Crippen molar-refractivity contribution in [1.82, 2.24) is 5.32 Å². The molecule has 1 N–H and O–H groups in total. The van der Waals surface area contributed by atoms with Gasteiger partial charge in [-0.2, -0.15) is 0 Å². The molecule has 0 spiro atoms. The minimum Gasteiger partial charge on any atom is -0.343 e. The molecule has 21 heavy (non-hydrogen) atoms. The number of hydrogen-bond acceptors (Lipinski definition) is 2. The van der Waals surface area contributed by atoms with Gasteiger partial charge in [0.2, 0.25) is 0 Å². The van der Waals surface area contributed by atoms with Gasteiger partial charge < -0.3 is 10.2 Å². The Morgan fingerprint density at radius 1 is 1.10 bits per heavy atom. The molecule has 2 rings (SSSR count). The maximum atomic E-state index is 6.47. The molecule has 0 saturated carbocycles. The van der Waals surface area contributed by atoms with Crippen LogP contribution in [-0.4, -0.2) is 13.6 Å². The number of aryl methyl sites for hydroxylation is 1. The SMILES string of the molecule is CCCNCc1ccc(N(C)c2ccccc2C)c(Cl)c1. The van der Waals surface area contributed by atoms with Gasteiger partial charge in [-0.1, -0.05) is 42.8 Å². The van der Waals surface area contributed by atoms with Gasteiger partial charge in [-0.15, -0.1) is 0 Å². The number of nitrogens with zero attached hydrogens (tertiary/aromatic N) is 1. The van der Waals surface area contributed by atoms with Gasteiger partial charge >= 0.3 is 0 Å². The fourth-order valence-electron chi connectivity index (χ4n) is 2.41. The first-order valence-electron chi connectivity index (χ1n) is 7.42. The second kappa shape index (κ2) is 7.48. The van der Waals surface area contributed by atoms with Crippen LogP contribution < -0.4 is 10.2 Å². The van der Waals surface area contributed by atoms with Gasteiger partial charge in [0.1, 0.15) is 0 Å². The van der Waals surface area contributed by atoms with Crippen LogP contribution in [0.4, 0.5) is 11.4 Å². The molecule has 0 aliphatic heterocycles. The monoisotopic (exact) mass is 302 g/mol. The quantitative estimate of drug-likeness (QED) is 0.762. The zero-order valence-corrected chi connectivity index (χ0v) is 13.7. The molecule has 0 aliphatic rings. The van der Waals surface area contributed by atoms with E-state index in [-0.39, 0.29) is 0 Å². The molecule has 0 atom stereocenters. The molecule has 0 aliphatic carbocycles. The van der Waals surface area contributed by atoms with Crippen LogP contribution in [0.15, 0.2) is 42.5 Å². The van der Waals surface area contributed by atoms with Crippen LogP contribution in [0.25, 0.3) is 0 Å². The number of nitrogens with one attached hydrogen (secondary N) is 1. The highest BCUT2D eigenvalue weighted by Crippen LogP contribution is 2.32. The Bertz CT molecular complexity index is 596. The molecule has 0 bridgehead atoms. The van der Waals surface area contributed by atoms with Crippen LogP contribution in [0.3, 0.4) is 0 Å². The van der Waals surface area contributed by atoms with Crippen LogP contribution >= 0.6 is 11.6 Å². The Kier molecular flexibility index (Phi) is 5.66. The van der Waals surface area contributed by atoms with E-state index in [0.29, 0.717) is 0 Å². The summed E-state index contributed by atoms with van der Waals surface area (Å²) in [4.78, 5) is 2.14. The summed E-state index contributed by atoms with van der Waals surface area (Å²) in [6.45, 7) is 6.17. The van der Waals surface area contributed by atoms with Crippen LogP contribution in [0.2, 0.25) is 5.02 Å². The van der Waals surface area contributed by atoms with Crippen LogP contribution in [0.5, 0.6) is 0 Å². The predicted molar refractivity (Wildman–Crippen MR) is 92.7 cm³/mol. The summed E-state index contributed by atoms with van der Waals surface area (Å²) < 4.78 is 0. The second-order valence-electron chi connectivity index (χ2n) is 5.31.